The summed E-state index contributed by atoms with van der Waals surface area (Å²) in [5.41, 5.74) is -0.147. The van der Waals surface area contributed by atoms with E-state index in [1.54, 1.807) is 12.1 Å². The third-order valence-electron chi connectivity index (χ3n) is 4.32. The third-order valence-corrected chi connectivity index (χ3v) is 4.32. The number of carboxylic acids is 1. The van der Waals surface area contributed by atoms with Crippen molar-refractivity contribution < 1.29 is 23.8 Å². The van der Waals surface area contributed by atoms with Gasteiger partial charge in [-0.15, -0.1) is 0 Å². The molecule has 2 N–H and O–H groups in total. The Morgan fingerprint density at radius 1 is 1.20 bits per heavy atom. The number of hydrogen-bond acceptors (Lipinski definition) is 4. The topological polar surface area (TPSA) is 88.5 Å². The maximum absolute atomic E-state index is 13.7. The molecule has 1 aromatic carbocycles. The lowest BCUT2D eigenvalue weighted by molar-refractivity contribution is 0.0343. The van der Waals surface area contributed by atoms with Gasteiger partial charge >= 0.3 is 5.97 Å². The Kier molecular flexibility index (Phi) is 4.76. The predicted molar refractivity (Wildman–Crippen MR) is 86.8 cm³/mol. The number of halogens is 1. The first-order valence-corrected chi connectivity index (χ1v) is 7.86. The van der Waals surface area contributed by atoms with Crippen molar-refractivity contribution in [3.63, 3.8) is 0 Å². The first-order valence-electron chi connectivity index (χ1n) is 7.86. The van der Waals surface area contributed by atoms with Crippen molar-refractivity contribution >= 4 is 11.9 Å². The van der Waals surface area contributed by atoms with Gasteiger partial charge in [-0.3, -0.25) is 9.78 Å². The van der Waals surface area contributed by atoms with Gasteiger partial charge in [-0.05, 0) is 42.7 Å². The molecule has 130 valence electrons. The Balaban J connectivity index is 1.92. The van der Waals surface area contributed by atoms with Gasteiger partial charge in [-0.25, -0.2) is 9.18 Å². The van der Waals surface area contributed by atoms with Gasteiger partial charge in [-0.2, -0.15) is 0 Å². The van der Waals surface area contributed by atoms with Crippen LogP contribution in [-0.2, 0) is 10.3 Å². The van der Waals surface area contributed by atoms with Crippen molar-refractivity contribution in [2.24, 2.45) is 0 Å². The van der Waals surface area contributed by atoms with Gasteiger partial charge in [0.25, 0.3) is 5.91 Å². The number of aromatic carboxylic acids is 1. The number of rotatable bonds is 4. The summed E-state index contributed by atoms with van der Waals surface area (Å²) < 4.78 is 19.0. The molecule has 0 aliphatic carbocycles. The van der Waals surface area contributed by atoms with Gasteiger partial charge in [0, 0.05) is 19.4 Å². The Labute approximate surface area is 143 Å². The highest BCUT2D eigenvalue weighted by Gasteiger charge is 2.36. The van der Waals surface area contributed by atoms with Crippen LogP contribution in [0.4, 0.5) is 4.39 Å². The zero-order chi connectivity index (χ0) is 17.9. The molecule has 0 spiro atoms. The molecule has 1 fully saturated rings. The van der Waals surface area contributed by atoms with E-state index in [0.717, 1.165) is 0 Å². The fraction of sp³-hybridized carbons (Fsp3) is 0.278. The number of nitrogens with one attached hydrogen (secondary N) is 1. The molecule has 1 saturated heterocycles. The van der Waals surface area contributed by atoms with Gasteiger partial charge in [-0.1, -0.05) is 12.1 Å². The van der Waals surface area contributed by atoms with E-state index >= 15 is 0 Å². The summed E-state index contributed by atoms with van der Waals surface area (Å²) in [6, 6.07) is 8.63. The second-order valence-electron chi connectivity index (χ2n) is 5.89. The van der Waals surface area contributed by atoms with Crippen LogP contribution in [0.5, 0.6) is 0 Å². The predicted octanol–water partition coefficient (Wildman–Crippen LogP) is 2.35. The Morgan fingerprint density at radius 2 is 1.96 bits per heavy atom. The van der Waals surface area contributed by atoms with Crippen LogP contribution in [0.15, 0.2) is 42.6 Å². The first kappa shape index (κ1) is 17.0. The van der Waals surface area contributed by atoms with Crippen LogP contribution >= 0.6 is 0 Å². The Morgan fingerprint density at radius 3 is 2.64 bits per heavy atom. The fourth-order valence-electron chi connectivity index (χ4n) is 2.96. The minimum atomic E-state index is -1.14. The highest BCUT2D eigenvalue weighted by molar-refractivity contribution is 5.96. The number of carbonyl (C=O) groups excluding carboxylic acids is 1. The number of nitrogens with zero attached hydrogens (tertiary/aromatic N) is 1. The Hall–Kier alpha value is -2.80. The molecule has 0 unspecified atom stereocenters. The number of benzene rings is 1. The molecule has 6 nitrogen and oxygen atoms in total. The quantitative estimate of drug-likeness (QED) is 0.889. The van der Waals surface area contributed by atoms with Gasteiger partial charge in [0.2, 0.25) is 0 Å². The Bertz CT molecular complexity index is 803. The summed E-state index contributed by atoms with van der Waals surface area (Å²) in [5, 5.41) is 12.0. The standard InChI is InChI=1S/C18H17FN2O4/c19-14-3-1-2-13(11-14)18(5-8-25-9-6-18)21-16(22)15-10-12(17(23)24)4-7-20-15/h1-4,7,10-11H,5-6,8-9H2,(H,21,22)(H,23,24). The summed E-state index contributed by atoms with van der Waals surface area (Å²) in [6.45, 7) is 0.860. The SMILES string of the molecule is O=C(O)c1ccnc(C(=O)NC2(c3cccc(F)c3)CCOCC2)c1. The summed E-state index contributed by atoms with van der Waals surface area (Å²) in [5.74, 6) is -2.03. The van der Waals surface area contributed by atoms with Crippen LogP contribution in [0, 0.1) is 5.82 Å². The molecule has 1 aliphatic heterocycles. The number of ether oxygens (including phenoxy) is 1. The zero-order valence-electron chi connectivity index (χ0n) is 13.4. The van der Waals surface area contributed by atoms with Crippen molar-refractivity contribution in [1.29, 1.82) is 0 Å². The van der Waals surface area contributed by atoms with Crippen molar-refractivity contribution in [3.05, 3.63) is 65.2 Å². The average molecular weight is 344 g/mol. The number of carboxylic acid groups (broad SMARTS) is 1. The van der Waals surface area contributed by atoms with Gasteiger partial charge in [0.05, 0.1) is 11.1 Å². The van der Waals surface area contributed by atoms with E-state index in [0.29, 0.717) is 31.6 Å². The van der Waals surface area contributed by atoms with Gasteiger partial charge in [0.1, 0.15) is 11.5 Å². The lowest BCUT2D eigenvalue weighted by Gasteiger charge is -2.38. The molecule has 25 heavy (non-hydrogen) atoms. The second-order valence-corrected chi connectivity index (χ2v) is 5.89. The molecule has 3 rings (SSSR count). The van der Waals surface area contributed by atoms with Crippen LogP contribution < -0.4 is 5.32 Å². The van der Waals surface area contributed by atoms with Crippen LogP contribution in [0.25, 0.3) is 0 Å². The largest absolute Gasteiger partial charge is 0.478 e. The lowest BCUT2D eigenvalue weighted by atomic mass is 9.82. The molecule has 0 saturated carbocycles. The van der Waals surface area contributed by atoms with Crippen molar-refractivity contribution in [2.45, 2.75) is 18.4 Å². The van der Waals surface area contributed by atoms with E-state index in [4.69, 9.17) is 9.84 Å². The molecule has 1 amide bonds. The van der Waals surface area contributed by atoms with Crippen molar-refractivity contribution in [3.8, 4) is 0 Å². The zero-order valence-corrected chi connectivity index (χ0v) is 13.4. The first-order chi connectivity index (χ1) is 12.0. The molecular formula is C18H17FN2O4. The number of amides is 1. The summed E-state index contributed by atoms with van der Waals surface area (Å²) in [7, 11) is 0. The van der Waals surface area contributed by atoms with E-state index in [9.17, 15) is 14.0 Å². The van der Waals surface area contributed by atoms with Crippen LogP contribution in [0.1, 0.15) is 39.3 Å². The van der Waals surface area contributed by atoms with E-state index in [1.807, 2.05) is 0 Å². The highest BCUT2D eigenvalue weighted by atomic mass is 19.1. The van der Waals surface area contributed by atoms with Crippen molar-refractivity contribution in [1.82, 2.24) is 10.3 Å². The molecule has 2 aromatic rings. The molecule has 1 aromatic heterocycles. The third kappa shape index (κ3) is 3.66. The van der Waals surface area contributed by atoms with Crippen LogP contribution in [0.3, 0.4) is 0 Å². The summed E-state index contributed by atoms with van der Waals surface area (Å²) >= 11 is 0. The molecule has 0 atom stereocenters. The maximum Gasteiger partial charge on any atom is 0.335 e. The smallest absolute Gasteiger partial charge is 0.335 e. The maximum atomic E-state index is 13.7. The molecule has 1 aliphatic rings. The van der Waals surface area contributed by atoms with Crippen LogP contribution in [-0.4, -0.2) is 35.2 Å². The second kappa shape index (κ2) is 6.98. The van der Waals surface area contributed by atoms with Crippen LogP contribution in [0.2, 0.25) is 0 Å². The highest BCUT2D eigenvalue weighted by Crippen LogP contribution is 2.32. The molecule has 7 heteroatoms. The number of carbonyl (C=O) groups is 2. The van der Waals surface area contributed by atoms with Gasteiger partial charge < -0.3 is 15.2 Å². The molecule has 2 heterocycles. The lowest BCUT2D eigenvalue weighted by Crippen LogP contribution is -2.49. The molecule has 0 bridgehead atoms. The number of aromatic nitrogens is 1. The minimum absolute atomic E-state index is 0.00201. The summed E-state index contributed by atoms with van der Waals surface area (Å²) in [4.78, 5) is 27.7. The van der Waals surface area contributed by atoms with E-state index in [-0.39, 0.29) is 17.1 Å². The summed E-state index contributed by atoms with van der Waals surface area (Å²) in [6.07, 6.45) is 2.25. The number of pyridine rings is 1. The average Bonchev–Trinajstić information content (AvgIpc) is 2.62. The normalized spacial score (nSPS) is 16.2. The molecular weight excluding hydrogens is 327 g/mol. The van der Waals surface area contributed by atoms with E-state index in [1.165, 1.54) is 30.5 Å². The monoisotopic (exact) mass is 344 g/mol. The number of hydrogen-bond donors (Lipinski definition) is 2. The van der Waals surface area contributed by atoms with E-state index in [2.05, 4.69) is 10.3 Å². The minimum Gasteiger partial charge on any atom is -0.478 e. The van der Waals surface area contributed by atoms with E-state index < -0.39 is 17.4 Å². The fourth-order valence-corrected chi connectivity index (χ4v) is 2.96. The van der Waals surface area contributed by atoms with Crippen molar-refractivity contribution in [2.75, 3.05) is 13.2 Å². The molecule has 0 radical (unpaired) electrons. The van der Waals surface area contributed by atoms with Gasteiger partial charge in [0.15, 0.2) is 0 Å².